The van der Waals surface area contributed by atoms with E-state index in [4.69, 9.17) is 4.74 Å². The Kier molecular flexibility index (Phi) is 3.78. The molecule has 0 radical (unpaired) electrons. The predicted molar refractivity (Wildman–Crippen MR) is 68.0 cm³/mol. The largest absolute Gasteiger partial charge is 0.489 e. The molecule has 1 aromatic rings. The van der Waals surface area contributed by atoms with Crippen LogP contribution in [0.2, 0.25) is 0 Å². The Morgan fingerprint density at radius 1 is 1.47 bits per heavy atom. The summed E-state index contributed by atoms with van der Waals surface area (Å²) in [6.45, 7) is 0.441. The van der Waals surface area contributed by atoms with Crippen molar-refractivity contribution in [3.8, 4) is 5.75 Å². The molecule has 17 heavy (non-hydrogen) atoms. The predicted octanol–water partition coefficient (Wildman–Crippen LogP) is 3.15. The molecule has 0 bridgehead atoms. The van der Waals surface area contributed by atoms with Gasteiger partial charge in [-0.3, -0.25) is 10.1 Å². The Labute approximate surface area is 108 Å². The SMILES string of the molecule is O=[N+]([O-])CC1C/C=C\COc2ccc(Br)cc21. The van der Waals surface area contributed by atoms with Crippen molar-refractivity contribution < 1.29 is 9.66 Å². The normalized spacial score (nSPS) is 20.6. The topological polar surface area (TPSA) is 52.4 Å². The van der Waals surface area contributed by atoms with Crippen LogP contribution in [-0.4, -0.2) is 18.1 Å². The molecule has 1 aliphatic rings. The highest BCUT2D eigenvalue weighted by molar-refractivity contribution is 9.10. The molecule has 0 fully saturated rings. The number of benzene rings is 1. The molecule has 1 aliphatic heterocycles. The van der Waals surface area contributed by atoms with Gasteiger partial charge in [0.2, 0.25) is 6.54 Å². The van der Waals surface area contributed by atoms with Gasteiger partial charge in [0.1, 0.15) is 12.4 Å². The molecule has 2 rings (SSSR count). The molecule has 0 amide bonds. The number of halogens is 1. The maximum absolute atomic E-state index is 10.7. The van der Waals surface area contributed by atoms with Crippen LogP contribution in [0.4, 0.5) is 0 Å². The Bertz CT molecular complexity index is 459. The van der Waals surface area contributed by atoms with Gasteiger partial charge < -0.3 is 4.74 Å². The Morgan fingerprint density at radius 3 is 3.06 bits per heavy atom. The highest BCUT2D eigenvalue weighted by Crippen LogP contribution is 2.33. The number of hydrogen-bond acceptors (Lipinski definition) is 3. The van der Waals surface area contributed by atoms with E-state index >= 15 is 0 Å². The first-order valence-electron chi connectivity index (χ1n) is 5.36. The van der Waals surface area contributed by atoms with Crippen molar-refractivity contribution >= 4 is 15.9 Å². The Hall–Kier alpha value is -1.36. The molecule has 1 heterocycles. The van der Waals surface area contributed by atoms with Crippen molar-refractivity contribution in [1.29, 1.82) is 0 Å². The first-order valence-corrected chi connectivity index (χ1v) is 6.15. The number of hydrogen-bond donors (Lipinski definition) is 0. The molecule has 0 aromatic heterocycles. The third-order valence-electron chi connectivity index (χ3n) is 2.70. The Balaban J connectivity index is 2.37. The van der Waals surface area contributed by atoms with Crippen molar-refractivity contribution in [2.24, 2.45) is 0 Å². The van der Waals surface area contributed by atoms with Gasteiger partial charge in [0.05, 0.1) is 5.92 Å². The fourth-order valence-electron chi connectivity index (χ4n) is 1.92. The fraction of sp³-hybridized carbons (Fsp3) is 0.333. The number of allylic oxidation sites excluding steroid dienone is 1. The molecule has 1 atom stereocenters. The lowest BCUT2D eigenvalue weighted by molar-refractivity contribution is -0.483. The van der Waals surface area contributed by atoms with Crippen LogP contribution in [0, 0.1) is 10.1 Å². The van der Waals surface area contributed by atoms with E-state index in [0.29, 0.717) is 13.0 Å². The van der Waals surface area contributed by atoms with Gasteiger partial charge in [0.25, 0.3) is 0 Å². The molecule has 0 aliphatic carbocycles. The van der Waals surface area contributed by atoms with Crippen LogP contribution in [0.1, 0.15) is 17.9 Å². The van der Waals surface area contributed by atoms with E-state index in [-0.39, 0.29) is 17.4 Å². The van der Waals surface area contributed by atoms with E-state index in [0.717, 1.165) is 15.8 Å². The molecular formula is C12H12BrNO3. The summed E-state index contributed by atoms with van der Waals surface area (Å²) < 4.78 is 6.48. The number of nitro groups is 1. The van der Waals surface area contributed by atoms with Gasteiger partial charge in [-0.25, -0.2) is 0 Å². The minimum absolute atomic E-state index is 0.0723. The van der Waals surface area contributed by atoms with E-state index in [1.165, 1.54) is 0 Å². The summed E-state index contributed by atoms with van der Waals surface area (Å²) in [5.41, 5.74) is 0.903. The Morgan fingerprint density at radius 2 is 2.29 bits per heavy atom. The van der Waals surface area contributed by atoms with Gasteiger partial charge in [-0.2, -0.15) is 0 Å². The van der Waals surface area contributed by atoms with Crippen LogP contribution in [0.3, 0.4) is 0 Å². The molecule has 0 N–H and O–H groups in total. The molecule has 5 heteroatoms. The zero-order valence-electron chi connectivity index (χ0n) is 9.14. The van der Waals surface area contributed by atoms with Gasteiger partial charge in [-0.15, -0.1) is 0 Å². The fourth-order valence-corrected chi connectivity index (χ4v) is 2.29. The second-order valence-corrected chi connectivity index (χ2v) is 4.83. The van der Waals surface area contributed by atoms with Crippen LogP contribution in [0.25, 0.3) is 0 Å². The van der Waals surface area contributed by atoms with Crippen LogP contribution in [0.15, 0.2) is 34.8 Å². The molecule has 1 aromatic carbocycles. The monoisotopic (exact) mass is 297 g/mol. The molecule has 90 valence electrons. The minimum Gasteiger partial charge on any atom is -0.489 e. The summed E-state index contributed by atoms with van der Waals surface area (Å²) in [6.07, 6.45) is 4.52. The first kappa shape index (κ1) is 12.1. The maximum atomic E-state index is 10.7. The summed E-state index contributed by atoms with van der Waals surface area (Å²) in [4.78, 5) is 10.4. The van der Waals surface area contributed by atoms with Crippen LogP contribution in [0.5, 0.6) is 5.75 Å². The second kappa shape index (κ2) is 5.31. The van der Waals surface area contributed by atoms with Crippen LogP contribution >= 0.6 is 15.9 Å². The van der Waals surface area contributed by atoms with E-state index < -0.39 is 0 Å². The number of nitrogens with zero attached hydrogens (tertiary/aromatic N) is 1. The lowest BCUT2D eigenvalue weighted by atomic mass is 9.94. The van der Waals surface area contributed by atoms with Crippen LogP contribution < -0.4 is 4.74 Å². The highest BCUT2D eigenvalue weighted by atomic mass is 79.9. The van der Waals surface area contributed by atoms with Crippen molar-refractivity contribution in [3.05, 3.63) is 50.5 Å². The average Bonchev–Trinajstić information content (AvgIpc) is 2.25. The zero-order valence-corrected chi connectivity index (χ0v) is 10.7. The van der Waals surface area contributed by atoms with Gasteiger partial charge >= 0.3 is 0 Å². The third-order valence-corrected chi connectivity index (χ3v) is 3.20. The van der Waals surface area contributed by atoms with Gasteiger partial charge in [-0.05, 0) is 24.6 Å². The summed E-state index contributed by atoms with van der Waals surface area (Å²) in [5.74, 6) is 0.610. The molecule has 0 saturated carbocycles. The summed E-state index contributed by atoms with van der Waals surface area (Å²) in [7, 11) is 0. The maximum Gasteiger partial charge on any atom is 0.211 e. The van der Waals surface area contributed by atoms with Crippen molar-refractivity contribution in [2.75, 3.05) is 13.2 Å². The highest BCUT2D eigenvalue weighted by Gasteiger charge is 2.21. The molecule has 4 nitrogen and oxygen atoms in total. The molecule has 0 spiro atoms. The number of fused-ring (bicyclic) bond motifs is 1. The van der Waals surface area contributed by atoms with E-state index in [9.17, 15) is 10.1 Å². The quantitative estimate of drug-likeness (QED) is 0.479. The zero-order chi connectivity index (χ0) is 12.3. The molecular weight excluding hydrogens is 286 g/mol. The summed E-state index contributed by atoms with van der Waals surface area (Å²) in [5, 5.41) is 10.7. The molecule has 1 unspecified atom stereocenters. The van der Waals surface area contributed by atoms with Crippen molar-refractivity contribution in [1.82, 2.24) is 0 Å². The summed E-state index contributed by atoms with van der Waals surface area (Å²) >= 11 is 3.39. The van der Waals surface area contributed by atoms with Crippen molar-refractivity contribution in [2.45, 2.75) is 12.3 Å². The number of rotatable bonds is 2. The minimum atomic E-state index is -0.273. The van der Waals surface area contributed by atoms with Gasteiger partial charge in [0, 0.05) is 15.0 Å². The number of ether oxygens (including phenoxy) is 1. The lowest BCUT2D eigenvalue weighted by Crippen LogP contribution is -2.14. The second-order valence-electron chi connectivity index (χ2n) is 3.91. The van der Waals surface area contributed by atoms with E-state index in [1.807, 2.05) is 30.4 Å². The molecule has 0 saturated heterocycles. The summed E-state index contributed by atoms with van der Waals surface area (Å²) in [6, 6.07) is 5.64. The first-order chi connectivity index (χ1) is 8.16. The smallest absolute Gasteiger partial charge is 0.211 e. The van der Waals surface area contributed by atoms with E-state index in [1.54, 1.807) is 0 Å². The lowest BCUT2D eigenvalue weighted by Gasteiger charge is -2.18. The van der Waals surface area contributed by atoms with Crippen LogP contribution in [-0.2, 0) is 0 Å². The van der Waals surface area contributed by atoms with Gasteiger partial charge in [-0.1, -0.05) is 28.1 Å². The average molecular weight is 298 g/mol. The third kappa shape index (κ3) is 3.06. The standard InChI is InChI=1S/C12H12BrNO3/c13-10-4-5-12-11(7-10)9(8-14(15)16)3-1-2-6-17-12/h1-2,4-5,7,9H,3,6,8H2/b2-1-. The van der Waals surface area contributed by atoms with Gasteiger partial charge in [0.15, 0.2) is 0 Å². The van der Waals surface area contributed by atoms with E-state index in [2.05, 4.69) is 15.9 Å². The van der Waals surface area contributed by atoms with Crippen molar-refractivity contribution in [3.63, 3.8) is 0 Å².